The molecule has 0 saturated carbocycles. The number of methoxy groups -OCH3 is 1. The van der Waals surface area contributed by atoms with E-state index >= 15 is 0 Å². The number of azo groups is 1. The van der Waals surface area contributed by atoms with Crippen LogP contribution in [0.15, 0.2) is 37.8 Å². The van der Waals surface area contributed by atoms with Gasteiger partial charge in [-0.3, -0.25) is 23.7 Å². The van der Waals surface area contributed by atoms with Crippen LogP contribution in [0, 0.1) is 17.8 Å². The van der Waals surface area contributed by atoms with Crippen molar-refractivity contribution in [1.29, 1.82) is 0 Å². The number of carbonyl (C=O) groups is 1. The molecule has 0 aliphatic carbocycles. The first-order valence-corrected chi connectivity index (χ1v) is 14.4. The summed E-state index contributed by atoms with van der Waals surface area (Å²) in [5, 5.41) is 11.1. The van der Waals surface area contributed by atoms with Crippen molar-refractivity contribution in [2.24, 2.45) is 16.1 Å². The van der Waals surface area contributed by atoms with Gasteiger partial charge in [0.05, 0.1) is 24.4 Å². The molecule has 1 aromatic rings. The molecule has 0 aromatic carbocycles. The van der Waals surface area contributed by atoms with Gasteiger partial charge < -0.3 is 28.7 Å². The van der Waals surface area contributed by atoms with Gasteiger partial charge in [-0.15, -0.1) is 0 Å². The molecule has 1 amide bonds. The zero-order chi connectivity index (χ0) is 29.3. The second kappa shape index (κ2) is 14.6. The molecule has 1 aromatic heterocycles. The number of rotatable bonds is 13. The summed E-state index contributed by atoms with van der Waals surface area (Å²) in [6.07, 6.45) is 3.83. The summed E-state index contributed by atoms with van der Waals surface area (Å²) in [7, 11) is -0.552. The van der Waals surface area contributed by atoms with Gasteiger partial charge in [-0.1, -0.05) is 18.8 Å². The van der Waals surface area contributed by atoms with Gasteiger partial charge in [0.15, 0.2) is 0 Å². The van der Waals surface area contributed by atoms with Gasteiger partial charge in [0.1, 0.15) is 17.9 Å². The number of amides is 1. The van der Waals surface area contributed by atoms with Crippen molar-refractivity contribution in [3.05, 3.63) is 44.4 Å². The Morgan fingerprint density at radius 1 is 1.38 bits per heavy atom. The maximum atomic E-state index is 12.5. The fourth-order valence-electron chi connectivity index (χ4n) is 4.30. The van der Waals surface area contributed by atoms with E-state index in [1.807, 2.05) is 13.0 Å². The maximum Gasteiger partial charge on any atom is 0.330 e. The molecule has 0 spiro atoms. The number of aromatic nitrogens is 2. The standard InChI is InChI=1S/C25H36N5O9P/c1-16(11-22(31)26-2)19-12-18(28-29-19)10-8-6-5-7-9-17-14-30(25(33)27-24(17)32)23-13-20(21(38-23)15-36-3)39-40(34,35)37-4/h12,14,16,19-21,23H,5-6,8,10-11,13,15H2,1-4H3,(H,26,31)(H,34,35)(H,27,32,33)/p-1/t16-,19?,20-,21-,23-/m1/s1. The number of unbranched alkanes of at least 4 members (excludes halogenated alkanes) is 2. The number of phosphoric acid groups is 1. The molecule has 15 heteroatoms. The Bertz CT molecular complexity index is 1330. The number of hydrogen-bond acceptors (Lipinski definition) is 11. The van der Waals surface area contributed by atoms with Gasteiger partial charge in [0, 0.05) is 46.7 Å². The van der Waals surface area contributed by atoms with Crippen LogP contribution in [0.5, 0.6) is 0 Å². The molecule has 2 unspecified atom stereocenters. The van der Waals surface area contributed by atoms with E-state index in [2.05, 4.69) is 36.9 Å². The lowest BCUT2D eigenvalue weighted by molar-refractivity contribution is -0.229. The quantitative estimate of drug-likeness (QED) is 0.197. The molecule has 6 atom stereocenters. The van der Waals surface area contributed by atoms with E-state index in [0.29, 0.717) is 12.8 Å². The third-order valence-electron chi connectivity index (χ3n) is 6.54. The first-order chi connectivity index (χ1) is 19.1. The van der Waals surface area contributed by atoms with E-state index in [-0.39, 0.29) is 36.5 Å². The van der Waals surface area contributed by atoms with E-state index in [0.717, 1.165) is 36.6 Å². The number of allylic oxidation sites excluding steroid dienone is 1. The number of hydrogen-bond donors (Lipinski definition) is 2. The molecular formula is C25H35N5O9P-. The summed E-state index contributed by atoms with van der Waals surface area (Å²) in [6, 6.07) is -0.102. The largest absolute Gasteiger partial charge is 0.756 e. The van der Waals surface area contributed by atoms with Crippen LogP contribution >= 0.6 is 7.82 Å². The van der Waals surface area contributed by atoms with E-state index < -0.39 is 37.5 Å². The van der Waals surface area contributed by atoms with E-state index in [9.17, 15) is 23.8 Å². The van der Waals surface area contributed by atoms with Crippen LogP contribution < -0.4 is 21.5 Å². The van der Waals surface area contributed by atoms with Gasteiger partial charge >= 0.3 is 5.69 Å². The van der Waals surface area contributed by atoms with Crippen LogP contribution in [0.3, 0.4) is 0 Å². The normalized spacial score (nSPS) is 24.2. The zero-order valence-electron chi connectivity index (χ0n) is 23.0. The van der Waals surface area contributed by atoms with Crippen LogP contribution in [0.2, 0.25) is 0 Å². The van der Waals surface area contributed by atoms with Crippen molar-refractivity contribution in [2.45, 2.75) is 69.9 Å². The molecule has 40 heavy (non-hydrogen) atoms. The average Bonchev–Trinajstić information content (AvgIpc) is 3.54. The predicted molar refractivity (Wildman–Crippen MR) is 141 cm³/mol. The maximum absolute atomic E-state index is 12.5. The first-order valence-electron chi connectivity index (χ1n) is 12.9. The minimum atomic E-state index is -4.56. The molecule has 1 fully saturated rings. The van der Waals surface area contributed by atoms with Gasteiger partial charge in [0.25, 0.3) is 13.4 Å². The first kappa shape index (κ1) is 31.6. The number of carbonyl (C=O) groups excluding carboxylic acids is 1. The highest BCUT2D eigenvalue weighted by Gasteiger charge is 2.39. The Labute approximate surface area is 231 Å². The fraction of sp³-hybridized carbons (Fsp3) is 0.640. The lowest BCUT2D eigenvalue weighted by Crippen LogP contribution is -2.33. The van der Waals surface area contributed by atoms with Gasteiger partial charge in [-0.2, -0.15) is 10.2 Å². The number of nitrogens with zero attached hydrogens (tertiary/aromatic N) is 3. The zero-order valence-corrected chi connectivity index (χ0v) is 23.8. The number of phosphoric ester groups is 1. The Morgan fingerprint density at radius 3 is 2.85 bits per heavy atom. The highest BCUT2D eigenvalue weighted by atomic mass is 31.2. The molecule has 0 radical (unpaired) electrons. The van der Waals surface area contributed by atoms with Crippen molar-refractivity contribution in [3.63, 3.8) is 0 Å². The summed E-state index contributed by atoms with van der Waals surface area (Å²) in [6.45, 7) is 1.98. The Balaban J connectivity index is 1.57. The average molecular weight is 581 g/mol. The topological polar surface area (TPSA) is 186 Å². The third kappa shape index (κ3) is 8.79. The van der Waals surface area contributed by atoms with E-state index in [1.54, 1.807) is 7.05 Å². The smallest absolute Gasteiger partial charge is 0.330 e. The van der Waals surface area contributed by atoms with Crippen LogP contribution in [-0.2, 0) is 27.9 Å². The molecule has 1 saturated heterocycles. The third-order valence-corrected chi connectivity index (χ3v) is 7.51. The fourth-order valence-corrected chi connectivity index (χ4v) is 4.94. The van der Waals surface area contributed by atoms with Crippen molar-refractivity contribution in [2.75, 3.05) is 27.9 Å². The number of H-pyrrole nitrogens is 1. The minimum Gasteiger partial charge on any atom is -0.756 e. The van der Waals surface area contributed by atoms with Gasteiger partial charge in [-0.05, 0) is 31.3 Å². The van der Waals surface area contributed by atoms with E-state index in [1.165, 1.54) is 13.3 Å². The molecule has 2 aliphatic heterocycles. The van der Waals surface area contributed by atoms with Gasteiger partial charge in [0.2, 0.25) is 5.91 Å². The number of nitrogens with one attached hydrogen (secondary N) is 2. The molecule has 220 valence electrons. The lowest BCUT2D eigenvalue weighted by Gasteiger charge is -2.26. The molecule has 2 aliphatic rings. The molecular weight excluding hydrogens is 545 g/mol. The SMILES string of the molecule is CNC(=O)C[C@@H](C)C1C=C(CCCCC#Cc2cn([C@H]3C[C@@H](OP(=O)([O-])OC)[C@@H](COC)O3)c(=O)[nH]c2=O)N=N1. The molecule has 0 bridgehead atoms. The lowest BCUT2D eigenvalue weighted by atomic mass is 9.97. The monoisotopic (exact) mass is 580 g/mol. The van der Waals surface area contributed by atoms with Gasteiger partial charge in [-0.25, -0.2) is 4.79 Å². The highest BCUT2D eigenvalue weighted by Crippen LogP contribution is 2.44. The second-order valence-electron chi connectivity index (χ2n) is 9.53. The van der Waals surface area contributed by atoms with Crippen LogP contribution in [0.1, 0.15) is 57.2 Å². The molecule has 3 heterocycles. The second-order valence-corrected chi connectivity index (χ2v) is 11.0. The van der Waals surface area contributed by atoms with Crippen molar-refractivity contribution in [3.8, 4) is 11.8 Å². The minimum absolute atomic E-state index is 0.00105. The van der Waals surface area contributed by atoms with Crippen molar-refractivity contribution in [1.82, 2.24) is 14.9 Å². The summed E-state index contributed by atoms with van der Waals surface area (Å²) >= 11 is 0. The Hall–Kier alpha value is -2.92. The highest BCUT2D eigenvalue weighted by molar-refractivity contribution is 7.45. The van der Waals surface area contributed by atoms with Crippen molar-refractivity contribution >= 4 is 13.7 Å². The van der Waals surface area contributed by atoms with Crippen molar-refractivity contribution < 1.29 is 32.8 Å². The Morgan fingerprint density at radius 2 is 2.15 bits per heavy atom. The number of ether oxygens (including phenoxy) is 2. The molecule has 2 N–H and O–H groups in total. The summed E-state index contributed by atoms with van der Waals surface area (Å²) in [5.41, 5.74) is -0.404. The van der Waals surface area contributed by atoms with Crippen LogP contribution in [-0.4, -0.2) is 61.6 Å². The van der Waals surface area contributed by atoms with Crippen LogP contribution in [0.4, 0.5) is 0 Å². The Kier molecular flexibility index (Phi) is 11.6. The number of aromatic amines is 1. The summed E-state index contributed by atoms with van der Waals surface area (Å²) in [5.74, 6) is 5.79. The van der Waals surface area contributed by atoms with E-state index in [4.69, 9.17) is 14.0 Å². The molecule has 3 rings (SSSR count). The molecule has 14 nitrogen and oxygen atoms in total. The summed E-state index contributed by atoms with van der Waals surface area (Å²) in [4.78, 5) is 50.4. The predicted octanol–water partition coefficient (Wildman–Crippen LogP) is 1.37. The van der Waals surface area contributed by atoms with Crippen LogP contribution in [0.25, 0.3) is 0 Å². The summed E-state index contributed by atoms with van der Waals surface area (Å²) < 4.78 is 33.3.